The second-order valence-electron chi connectivity index (χ2n) is 2.70. The van der Waals surface area contributed by atoms with Crippen molar-refractivity contribution in [3.05, 3.63) is 21.0 Å². The first-order valence-electron chi connectivity index (χ1n) is 3.86. The Labute approximate surface area is 101 Å². The standard InChI is InChI=1S/C8H5F5INO/c1-16-6-3(8(11,12)13)2-15-5(4(6)14)7(9)10/h2,7H,1H3. The first-order chi connectivity index (χ1) is 7.29. The summed E-state index contributed by atoms with van der Waals surface area (Å²) < 4.78 is 66.2. The van der Waals surface area contributed by atoms with Crippen molar-refractivity contribution in [2.45, 2.75) is 12.6 Å². The number of ether oxygens (including phenoxy) is 1. The highest BCUT2D eigenvalue weighted by molar-refractivity contribution is 14.1. The Bertz CT molecular complexity index is 393. The van der Waals surface area contributed by atoms with Crippen molar-refractivity contribution in [1.82, 2.24) is 4.98 Å². The summed E-state index contributed by atoms with van der Waals surface area (Å²) in [5, 5.41) is 0. The van der Waals surface area contributed by atoms with Gasteiger partial charge in [0.1, 0.15) is 17.0 Å². The highest BCUT2D eigenvalue weighted by Gasteiger charge is 2.37. The molecule has 1 heterocycles. The average molecular weight is 353 g/mol. The summed E-state index contributed by atoms with van der Waals surface area (Å²) in [6.45, 7) is 0. The summed E-state index contributed by atoms with van der Waals surface area (Å²) in [4.78, 5) is 3.10. The van der Waals surface area contributed by atoms with Crippen LogP contribution in [-0.2, 0) is 6.18 Å². The molecule has 0 amide bonds. The van der Waals surface area contributed by atoms with Crippen LogP contribution in [0.4, 0.5) is 22.0 Å². The molecule has 1 rings (SSSR count). The van der Waals surface area contributed by atoms with Crippen LogP contribution in [0, 0.1) is 3.57 Å². The minimum Gasteiger partial charge on any atom is -0.495 e. The fourth-order valence-electron chi connectivity index (χ4n) is 1.04. The summed E-state index contributed by atoms with van der Waals surface area (Å²) in [7, 11) is 0.988. The van der Waals surface area contributed by atoms with Gasteiger partial charge in [-0.3, -0.25) is 4.98 Å². The number of alkyl halides is 5. The fraction of sp³-hybridized carbons (Fsp3) is 0.375. The van der Waals surface area contributed by atoms with E-state index in [2.05, 4.69) is 9.72 Å². The van der Waals surface area contributed by atoms with Crippen molar-refractivity contribution in [3.8, 4) is 5.75 Å². The Morgan fingerprint density at radius 2 is 1.94 bits per heavy atom. The topological polar surface area (TPSA) is 22.1 Å². The third-order valence-electron chi connectivity index (χ3n) is 1.72. The molecule has 2 nitrogen and oxygen atoms in total. The molecule has 1 aromatic heterocycles. The maximum absolute atomic E-state index is 12.4. The predicted octanol–water partition coefficient (Wildman–Crippen LogP) is 3.65. The molecule has 0 aromatic carbocycles. The SMILES string of the molecule is COc1c(C(F)(F)F)cnc(C(F)F)c1I. The number of hydrogen-bond donors (Lipinski definition) is 0. The lowest BCUT2D eigenvalue weighted by Crippen LogP contribution is -2.11. The van der Waals surface area contributed by atoms with Crippen LogP contribution < -0.4 is 4.74 Å². The Balaban J connectivity index is 3.41. The molecule has 0 unspecified atom stereocenters. The summed E-state index contributed by atoms with van der Waals surface area (Å²) in [5.74, 6) is -0.626. The molecule has 90 valence electrons. The van der Waals surface area contributed by atoms with Crippen LogP contribution >= 0.6 is 22.6 Å². The molecule has 0 saturated carbocycles. The Kier molecular flexibility index (Phi) is 3.92. The van der Waals surface area contributed by atoms with E-state index in [1.54, 1.807) is 0 Å². The van der Waals surface area contributed by atoms with E-state index in [1.807, 2.05) is 0 Å². The molecule has 0 atom stereocenters. The minimum absolute atomic E-state index is 0.329. The molecule has 0 bridgehead atoms. The molecular weight excluding hydrogens is 348 g/mol. The van der Waals surface area contributed by atoms with Crippen molar-refractivity contribution in [1.29, 1.82) is 0 Å². The van der Waals surface area contributed by atoms with Crippen LogP contribution in [0.5, 0.6) is 5.75 Å². The average Bonchev–Trinajstić information content (AvgIpc) is 2.15. The lowest BCUT2D eigenvalue weighted by molar-refractivity contribution is -0.139. The number of nitrogens with zero attached hydrogens (tertiary/aromatic N) is 1. The minimum atomic E-state index is -4.68. The molecule has 1 aromatic rings. The van der Waals surface area contributed by atoms with Crippen LogP contribution in [0.2, 0.25) is 0 Å². The van der Waals surface area contributed by atoms with E-state index in [1.165, 1.54) is 22.6 Å². The first kappa shape index (κ1) is 13.4. The van der Waals surface area contributed by atoms with E-state index in [9.17, 15) is 22.0 Å². The van der Waals surface area contributed by atoms with E-state index in [0.717, 1.165) is 7.11 Å². The van der Waals surface area contributed by atoms with Crippen molar-refractivity contribution < 1.29 is 26.7 Å². The lowest BCUT2D eigenvalue weighted by atomic mass is 10.2. The predicted molar refractivity (Wildman–Crippen MR) is 53.5 cm³/mol. The number of pyridine rings is 1. The third kappa shape index (κ3) is 2.53. The number of halogens is 6. The van der Waals surface area contributed by atoms with Crippen molar-refractivity contribution in [3.63, 3.8) is 0 Å². The van der Waals surface area contributed by atoms with Gasteiger partial charge in [-0.2, -0.15) is 13.2 Å². The molecule has 0 aliphatic rings. The monoisotopic (exact) mass is 353 g/mol. The quantitative estimate of drug-likeness (QED) is 0.598. The normalized spacial score (nSPS) is 12.0. The zero-order chi connectivity index (χ0) is 12.5. The van der Waals surface area contributed by atoms with Crippen molar-refractivity contribution >= 4 is 22.6 Å². The first-order valence-corrected chi connectivity index (χ1v) is 4.94. The number of methoxy groups -OCH3 is 1. The molecular formula is C8H5F5INO. The fourth-order valence-corrected chi connectivity index (χ4v) is 1.92. The van der Waals surface area contributed by atoms with E-state index >= 15 is 0 Å². The summed E-state index contributed by atoms with van der Waals surface area (Å²) >= 11 is 1.35. The van der Waals surface area contributed by atoms with Crippen LogP contribution in [-0.4, -0.2) is 12.1 Å². The van der Waals surface area contributed by atoms with Crippen molar-refractivity contribution in [2.24, 2.45) is 0 Å². The van der Waals surface area contributed by atoms with Gasteiger partial charge in [-0.1, -0.05) is 0 Å². The third-order valence-corrected chi connectivity index (χ3v) is 2.76. The molecule has 0 aliphatic carbocycles. The van der Waals surface area contributed by atoms with Gasteiger partial charge in [0.05, 0.1) is 10.7 Å². The molecule has 0 aliphatic heterocycles. The van der Waals surface area contributed by atoms with Gasteiger partial charge in [-0.25, -0.2) is 8.78 Å². The summed E-state index contributed by atoms with van der Waals surface area (Å²) in [6.07, 6.45) is -7.27. The second kappa shape index (κ2) is 4.68. The molecule has 16 heavy (non-hydrogen) atoms. The highest BCUT2D eigenvalue weighted by Crippen LogP contribution is 2.40. The smallest absolute Gasteiger partial charge is 0.421 e. The van der Waals surface area contributed by atoms with E-state index in [0.29, 0.717) is 6.20 Å². The second-order valence-corrected chi connectivity index (χ2v) is 3.78. The molecule has 0 saturated heterocycles. The van der Waals surface area contributed by atoms with Gasteiger partial charge in [0.2, 0.25) is 0 Å². The van der Waals surface area contributed by atoms with E-state index in [-0.39, 0.29) is 3.57 Å². The molecule has 0 spiro atoms. The number of aromatic nitrogens is 1. The maximum Gasteiger partial charge on any atom is 0.421 e. The van der Waals surface area contributed by atoms with Crippen LogP contribution in [0.25, 0.3) is 0 Å². The van der Waals surface area contributed by atoms with Gasteiger partial charge in [-0.05, 0) is 22.6 Å². The van der Waals surface area contributed by atoms with E-state index in [4.69, 9.17) is 0 Å². The van der Waals surface area contributed by atoms with Gasteiger partial charge in [0.15, 0.2) is 0 Å². The van der Waals surface area contributed by atoms with Crippen LogP contribution in [0.15, 0.2) is 6.20 Å². The highest BCUT2D eigenvalue weighted by atomic mass is 127. The molecule has 8 heteroatoms. The molecule has 0 fully saturated rings. The molecule has 0 radical (unpaired) electrons. The Morgan fingerprint density at radius 3 is 2.31 bits per heavy atom. The van der Waals surface area contributed by atoms with Crippen LogP contribution in [0.3, 0.4) is 0 Å². The van der Waals surface area contributed by atoms with Gasteiger partial charge >= 0.3 is 6.18 Å². The maximum atomic E-state index is 12.4. The van der Waals surface area contributed by atoms with Gasteiger partial charge in [-0.15, -0.1) is 0 Å². The largest absolute Gasteiger partial charge is 0.495 e. The zero-order valence-corrected chi connectivity index (χ0v) is 9.94. The zero-order valence-electron chi connectivity index (χ0n) is 7.78. The lowest BCUT2D eigenvalue weighted by Gasteiger charge is -2.14. The number of rotatable bonds is 2. The van der Waals surface area contributed by atoms with Gasteiger partial charge in [0, 0.05) is 6.20 Å². The van der Waals surface area contributed by atoms with Gasteiger partial charge < -0.3 is 4.74 Å². The number of hydrogen-bond acceptors (Lipinski definition) is 2. The van der Waals surface area contributed by atoms with Crippen LogP contribution in [0.1, 0.15) is 17.7 Å². The van der Waals surface area contributed by atoms with E-state index < -0.39 is 29.6 Å². The molecule has 0 N–H and O–H groups in total. The Hall–Kier alpha value is -0.670. The summed E-state index contributed by atoms with van der Waals surface area (Å²) in [5.41, 5.74) is -1.88. The van der Waals surface area contributed by atoms with Crippen molar-refractivity contribution in [2.75, 3.05) is 7.11 Å². The Morgan fingerprint density at radius 1 is 1.38 bits per heavy atom. The summed E-state index contributed by atoms with van der Waals surface area (Å²) in [6, 6.07) is 0. The van der Waals surface area contributed by atoms with Gasteiger partial charge in [0.25, 0.3) is 6.43 Å².